The van der Waals surface area contributed by atoms with Gasteiger partial charge < -0.3 is 4.74 Å². The van der Waals surface area contributed by atoms with E-state index >= 15 is 0 Å². The number of hydrogen-bond acceptors (Lipinski definition) is 1. The predicted molar refractivity (Wildman–Crippen MR) is 88.3 cm³/mol. The molecule has 0 saturated carbocycles. The van der Waals surface area contributed by atoms with Crippen molar-refractivity contribution in [2.45, 2.75) is 64.1 Å². The van der Waals surface area contributed by atoms with E-state index < -0.39 is 8.07 Å². The van der Waals surface area contributed by atoms with Crippen LogP contribution in [0.5, 0.6) is 0 Å². The van der Waals surface area contributed by atoms with Crippen LogP contribution in [0, 0.1) is 5.92 Å². The molecule has 108 valence electrons. The van der Waals surface area contributed by atoms with Crippen molar-refractivity contribution in [3.05, 3.63) is 37.0 Å². The fraction of sp³-hybridized carbons (Fsp3) is 0.647. The van der Waals surface area contributed by atoms with E-state index in [1.165, 1.54) is 11.6 Å². The summed E-state index contributed by atoms with van der Waals surface area (Å²) in [6.07, 6.45) is 9.96. The molecule has 1 heterocycles. The van der Waals surface area contributed by atoms with E-state index in [1.807, 2.05) is 6.08 Å². The molecule has 0 aromatic rings. The van der Waals surface area contributed by atoms with E-state index in [-0.39, 0.29) is 6.10 Å². The van der Waals surface area contributed by atoms with E-state index in [9.17, 15) is 0 Å². The fourth-order valence-electron chi connectivity index (χ4n) is 2.82. The quantitative estimate of drug-likeness (QED) is 0.459. The maximum Gasteiger partial charge on any atom is 0.0938 e. The van der Waals surface area contributed by atoms with Crippen molar-refractivity contribution in [2.24, 2.45) is 5.92 Å². The van der Waals surface area contributed by atoms with Crippen molar-refractivity contribution in [1.82, 2.24) is 0 Å². The summed E-state index contributed by atoms with van der Waals surface area (Å²) in [5.41, 5.74) is 1.43. The molecule has 1 nitrogen and oxygen atoms in total. The topological polar surface area (TPSA) is 9.23 Å². The lowest BCUT2D eigenvalue weighted by molar-refractivity contribution is 0.0161. The van der Waals surface area contributed by atoms with Crippen LogP contribution in [0.1, 0.15) is 26.2 Å². The van der Waals surface area contributed by atoms with Crippen LogP contribution >= 0.6 is 0 Å². The lowest BCUT2D eigenvalue weighted by atomic mass is 9.94. The van der Waals surface area contributed by atoms with Crippen LogP contribution in [-0.2, 0) is 4.74 Å². The molecular weight excluding hydrogens is 248 g/mol. The summed E-state index contributed by atoms with van der Waals surface area (Å²) >= 11 is 0. The average Bonchev–Trinajstić information content (AvgIpc) is 2.26. The summed E-state index contributed by atoms with van der Waals surface area (Å²) in [6, 6.07) is 1.25. The molecule has 0 N–H and O–H groups in total. The summed E-state index contributed by atoms with van der Waals surface area (Å²) in [5, 5.41) is 0. The first kappa shape index (κ1) is 16.5. The van der Waals surface area contributed by atoms with Gasteiger partial charge in [0.25, 0.3) is 0 Å². The van der Waals surface area contributed by atoms with E-state index in [0.717, 1.165) is 19.3 Å². The van der Waals surface area contributed by atoms with E-state index in [1.54, 1.807) is 0 Å². The van der Waals surface area contributed by atoms with Crippen LogP contribution < -0.4 is 0 Å². The van der Waals surface area contributed by atoms with Crippen molar-refractivity contribution in [1.29, 1.82) is 0 Å². The number of allylic oxidation sites excluding steroid dienone is 1. The van der Waals surface area contributed by atoms with Crippen LogP contribution in [0.25, 0.3) is 0 Å². The lowest BCUT2D eigenvalue weighted by Crippen LogP contribution is -2.25. The van der Waals surface area contributed by atoms with Crippen molar-refractivity contribution in [3.8, 4) is 0 Å². The number of ether oxygens (including phenoxy) is 1. The smallest absolute Gasteiger partial charge is 0.0938 e. The van der Waals surface area contributed by atoms with E-state index in [4.69, 9.17) is 4.74 Å². The highest BCUT2D eigenvalue weighted by Gasteiger charge is 2.20. The highest BCUT2D eigenvalue weighted by Crippen LogP contribution is 2.26. The minimum atomic E-state index is -1.01. The third-order valence-corrected chi connectivity index (χ3v) is 4.95. The Bertz CT molecular complexity index is 338. The summed E-state index contributed by atoms with van der Waals surface area (Å²) in [7, 11) is -1.01. The largest absolute Gasteiger partial charge is 0.367 e. The molecule has 0 aromatic carbocycles. The lowest BCUT2D eigenvalue weighted by Gasteiger charge is -2.27. The predicted octanol–water partition coefficient (Wildman–Crippen LogP) is 5.20. The van der Waals surface area contributed by atoms with Gasteiger partial charge in [-0.2, -0.15) is 0 Å². The monoisotopic (exact) mass is 278 g/mol. The number of rotatable bonds is 7. The molecule has 1 aliphatic rings. The van der Waals surface area contributed by atoms with Gasteiger partial charge >= 0.3 is 0 Å². The van der Waals surface area contributed by atoms with Gasteiger partial charge in [-0.25, -0.2) is 0 Å². The molecule has 0 amide bonds. The van der Waals surface area contributed by atoms with Gasteiger partial charge in [-0.05, 0) is 31.2 Å². The van der Waals surface area contributed by atoms with E-state index in [0.29, 0.717) is 12.0 Å². The molecule has 1 rings (SSSR count). The highest BCUT2D eigenvalue weighted by atomic mass is 28.3. The zero-order chi connectivity index (χ0) is 14.5. The second-order valence-electron chi connectivity index (χ2n) is 7.15. The molecule has 0 unspecified atom stereocenters. The van der Waals surface area contributed by atoms with Gasteiger partial charge in [0, 0.05) is 8.07 Å². The Morgan fingerprint density at radius 2 is 2.16 bits per heavy atom. The molecule has 0 spiro atoms. The Morgan fingerprint density at radius 3 is 2.74 bits per heavy atom. The van der Waals surface area contributed by atoms with Gasteiger partial charge in [0.05, 0.1) is 12.2 Å². The van der Waals surface area contributed by atoms with Crippen molar-refractivity contribution in [2.75, 3.05) is 0 Å². The van der Waals surface area contributed by atoms with Crippen molar-refractivity contribution >= 4 is 8.07 Å². The molecule has 1 aliphatic heterocycles. The first-order chi connectivity index (χ1) is 8.80. The molecule has 0 radical (unpaired) electrons. The molecule has 0 fully saturated rings. The number of hydrogen-bond donors (Lipinski definition) is 0. The standard InChI is InChI=1S/C17H30OSi/c1-7-16-9-8-10-17(18-16)12-14(2)11-15(3)13-19(4,5)6/h7-9,14,16-17H,1,3,10-13H2,2,4-6H3/t14-,16+,17-/m0/s1. The summed E-state index contributed by atoms with van der Waals surface area (Å²) < 4.78 is 5.96. The fourth-order valence-corrected chi connectivity index (χ4v) is 4.46. The van der Waals surface area contributed by atoms with Crippen LogP contribution in [0.2, 0.25) is 25.7 Å². The van der Waals surface area contributed by atoms with Crippen LogP contribution in [0.4, 0.5) is 0 Å². The second-order valence-corrected chi connectivity index (χ2v) is 12.6. The second kappa shape index (κ2) is 7.25. The van der Waals surface area contributed by atoms with Gasteiger partial charge in [0.1, 0.15) is 0 Å². The minimum absolute atomic E-state index is 0.108. The zero-order valence-corrected chi connectivity index (χ0v) is 14.1. The molecule has 3 atom stereocenters. The SMILES string of the molecule is C=C[C@@H]1C=CC[C@@H](C[C@@H](C)CC(=C)C[Si](C)(C)C)O1. The Morgan fingerprint density at radius 1 is 1.47 bits per heavy atom. The third kappa shape index (κ3) is 6.93. The third-order valence-electron chi connectivity index (χ3n) is 3.39. The van der Waals surface area contributed by atoms with Gasteiger partial charge in [-0.15, -0.1) is 13.2 Å². The molecule has 0 bridgehead atoms. The Kier molecular flexibility index (Phi) is 6.28. The minimum Gasteiger partial charge on any atom is -0.367 e. The molecule has 2 heteroatoms. The molecular formula is C17H30OSi. The first-order valence-electron chi connectivity index (χ1n) is 7.41. The molecule has 19 heavy (non-hydrogen) atoms. The average molecular weight is 279 g/mol. The Balaban J connectivity index is 2.35. The molecule has 0 aromatic heterocycles. The van der Waals surface area contributed by atoms with Gasteiger partial charge in [-0.1, -0.05) is 50.4 Å². The van der Waals surface area contributed by atoms with Gasteiger partial charge in [0.15, 0.2) is 0 Å². The van der Waals surface area contributed by atoms with Crippen molar-refractivity contribution < 1.29 is 4.74 Å². The van der Waals surface area contributed by atoms with E-state index in [2.05, 4.69) is 51.9 Å². The summed E-state index contributed by atoms with van der Waals surface area (Å²) in [5.74, 6) is 0.658. The van der Waals surface area contributed by atoms with Crippen LogP contribution in [-0.4, -0.2) is 20.3 Å². The summed E-state index contributed by atoms with van der Waals surface area (Å²) in [4.78, 5) is 0. The maximum atomic E-state index is 5.96. The first-order valence-corrected chi connectivity index (χ1v) is 11.1. The molecule has 0 aliphatic carbocycles. The Labute approximate surface area is 120 Å². The van der Waals surface area contributed by atoms with Crippen LogP contribution in [0.3, 0.4) is 0 Å². The highest BCUT2D eigenvalue weighted by molar-refractivity contribution is 6.76. The van der Waals surface area contributed by atoms with Gasteiger partial charge in [0.2, 0.25) is 0 Å². The van der Waals surface area contributed by atoms with Crippen LogP contribution in [0.15, 0.2) is 37.0 Å². The molecule has 0 saturated heterocycles. The maximum absolute atomic E-state index is 5.96. The normalized spacial score (nSPS) is 25.1. The summed E-state index contributed by atoms with van der Waals surface area (Å²) in [6.45, 7) is 17.6. The van der Waals surface area contributed by atoms with Gasteiger partial charge in [-0.3, -0.25) is 0 Å². The van der Waals surface area contributed by atoms with Crippen molar-refractivity contribution in [3.63, 3.8) is 0 Å². The Hall–Kier alpha value is -0.603. The zero-order valence-electron chi connectivity index (χ0n) is 13.1.